The number of likely N-dealkylation sites (tertiary alicyclic amines) is 1. The zero-order valence-electron chi connectivity index (χ0n) is 13.5. The van der Waals surface area contributed by atoms with Gasteiger partial charge >= 0.3 is 0 Å². The SMILES string of the molecule is CCNC(C)(CO)CCCCN1CCC(C)(C)CC1. The van der Waals surface area contributed by atoms with Crippen LogP contribution < -0.4 is 5.32 Å². The van der Waals surface area contributed by atoms with Gasteiger partial charge in [0.25, 0.3) is 0 Å². The first kappa shape index (κ1) is 16.9. The first-order valence-electron chi connectivity index (χ1n) is 7.99. The van der Waals surface area contributed by atoms with Crippen LogP contribution in [-0.2, 0) is 0 Å². The summed E-state index contributed by atoms with van der Waals surface area (Å²) < 4.78 is 0. The summed E-state index contributed by atoms with van der Waals surface area (Å²) in [5.41, 5.74) is 0.468. The lowest BCUT2D eigenvalue weighted by Gasteiger charge is -2.37. The van der Waals surface area contributed by atoms with Crippen LogP contribution in [0.15, 0.2) is 0 Å². The van der Waals surface area contributed by atoms with Crippen molar-refractivity contribution in [2.24, 2.45) is 5.41 Å². The molecule has 114 valence electrons. The lowest BCUT2D eigenvalue weighted by atomic mass is 9.82. The average Bonchev–Trinajstić information content (AvgIpc) is 2.37. The van der Waals surface area contributed by atoms with E-state index in [4.69, 9.17) is 0 Å². The number of aliphatic hydroxyl groups excluding tert-OH is 1. The minimum absolute atomic E-state index is 0.0847. The van der Waals surface area contributed by atoms with Crippen LogP contribution in [0, 0.1) is 5.41 Å². The Bertz CT molecular complexity index is 245. The Kier molecular flexibility index (Phi) is 6.78. The molecule has 3 nitrogen and oxygen atoms in total. The second kappa shape index (κ2) is 7.61. The monoisotopic (exact) mass is 270 g/mol. The van der Waals surface area contributed by atoms with Gasteiger partial charge in [0.2, 0.25) is 0 Å². The largest absolute Gasteiger partial charge is 0.394 e. The van der Waals surface area contributed by atoms with E-state index in [1.165, 1.54) is 45.3 Å². The number of hydrogen-bond acceptors (Lipinski definition) is 3. The maximum absolute atomic E-state index is 9.45. The van der Waals surface area contributed by atoms with Crippen LogP contribution in [0.25, 0.3) is 0 Å². The number of nitrogens with zero attached hydrogens (tertiary/aromatic N) is 1. The summed E-state index contributed by atoms with van der Waals surface area (Å²) in [5, 5.41) is 12.8. The number of rotatable bonds is 8. The van der Waals surface area contributed by atoms with Crippen LogP contribution in [0.5, 0.6) is 0 Å². The fraction of sp³-hybridized carbons (Fsp3) is 1.00. The number of likely N-dealkylation sites (N-methyl/N-ethyl adjacent to an activating group) is 1. The summed E-state index contributed by atoms with van der Waals surface area (Å²) in [6, 6.07) is 0. The van der Waals surface area contributed by atoms with Crippen LogP contribution >= 0.6 is 0 Å². The van der Waals surface area contributed by atoms with Gasteiger partial charge < -0.3 is 15.3 Å². The van der Waals surface area contributed by atoms with Gasteiger partial charge in [-0.1, -0.05) is 27.2 Å². The minimum atomic E-state index is -0.0847. The predicted octanol–water partition coefficient (Wildman–Crippen LogP) is 2.64. The molecule has 0 aliphatic carbocycles. The molecule has 1 heterocycles. The normalized spacial score (nSPS) is 23.2. The molecule has 0 spiro atoms. The predicted molar refractivity (Wildman–Crippen MR) is 82.5 cm³/mol. The molecule has 1 saturated heterocycles. The van der Waals surface area contributed by atoms with Gasteiger partial charge in [-0.15, -0.1) is 0 Å². The molecule has 1 fully saturated rings. The van der Waals surface area contributed by atoms with Gasteiger partial charge in [-0.25, -0.2) is 0 Å². The highest BCUT2D eigenvalue weighted by atomic mass is 16.3. The quantitative estimate of drug-likeness (QED) is 0.666. The number of hydrogen-bond donors (Lipinski definition) is 2. The number of piperidine rings is 1. The van der Waals surface area contributed by atoms with Gasteiger partial charge in [0.05, 0.1) is 6.61 Å². The molecule has 1 rings (SSSR count). The lowest BCUT2D eigenvalue weighted by Crippen LogP contribution is -2.45. The maximum atomic E-state index is 9.45. The van der Waals surface area contributed by atoms with Crippen molar-refractivity contribution < 1.29 is 5.11 Å². The van der Waals surface area contributed by atoms with E-state index < -0.39 is 0 Å². The zero-order chi connectivity index (χ0) is 14.4. The molecule has 0 amide bonds. The van der Waals surface area contributed by atoms with Crippen molar-refractivity contribution in [1.29, 1.82) is 0 Å². The summed E-state index contributed by atoms with van der Waals surface area (Å²) >= 11 is 0. The summed E-state index contributed by atoms with van der Waals surface area (Å²) in [5.74, 6) is 0. The molecule has 0 aromatic rings. The fourth-order valence-corrected chi connectivity index (χ4v) is 2.88. The molecular formula is C16H34N2O. The Hall–Kier alpha value is -0.120. The van der Waals surface area contributed by atoms with E-state index in [1.54, 1.807) is 0 Å². The van der Waals surface area contributed by atoms with Crippen LogP contribution in [0.3, 0.4) is 0 Å². The van der Waals surface area contributed by atoms with E-state index in [0.717, 1.165) is 13.0 Å². The second-order valence-electron chi connectivity index (χ2n) is 7.21. The van der Waals surface area contributed by atoms with Crippen LogP contribution in [0.2, 0.25) is 0 Å². The van der Waals surface area contributed by atoms with E-state index in [2.05, 4.69) is 37.9 Å². The number of aliphatic hydroxyl groups is 1. The highest BCUT2D eigenvalue weighted by Gasteiger charge is 2.25. The Morgan fingerprint density at radius 1 is 1.21 bits per heavy atom. The van der Waals surface area contributed by atoms with E-state index >= 15 is 0 Å². The van der Waals surface area contributed by atoms with Gasteiger partial charge in [0.15, 0.2) is 0 Å². The Labute approximate surface area is 119 Å². The molecule has 2 N–H and O–H groups in total. The molecule has 1 aliphatic rings. The molecule has 0 aromatic heterocycles. The summed E-state index contributed by atoms with van der Waals surface area (Å²) in [4.78, 5) is 2.61. The second-order valence-corrected chi connectivity index (χ2v) is 7.21. The van der Waals surface area contributed by atoms with Crippen LogP contribution in [-0.4, -0.2) is 48.3 Å². The standard InChI is InChI=1S/C16H34N2O/c1-5-17-16(4,14-19)8-6-7-11-18-12-9-15(2,3)10-13-18/h17,19H,5-14H2,1-4H3. The topological polar surface area (TPSA) is 35.5 Å². The molecule has 0 bridgehead atoms. The molecule has 1 atom stereocenters. The number of nitrogens with one attached hydrogen (secondary N) is 1. The molecule has 1 aliphatic heterocycles. The molecule has 0 aromatic carbocycles. The van der Waals surface area contributed by atoms with Gasteiger partial charge in [-0.05, 0) is 64.2 Å². The van der Waals surface area contributed by atoms with Gasteiger partial charge in [0.1, 0.15) is 0 Å². The third-order valence-corrected chi connectivity index (χ3v) is 4.62. The summed E-state index contributed by atoms with van der Waals surface area (Å²) in [6.45, 7) is 13.9. The smallest absolute Gasteiger partial charge is 0.0610 e. The Morgan fingerprint density at radius 3 is 2.37 bits per heavy atom. The third kappa shape index (κ3) is 6.24. The lowest BCUT2D eigenvalue weighted by molar-refractivity contribution is 0.127. The third-order valence-electron chi connectivity index (χ3n) is 4.62. The highest BCUT2D eigenvalue weighted by Crippen LogP contribution is 2.29. The molecule has 0 radical (unpaired) electrons. The molecule has 1 unspecified atom stereocenters. The number of unbranched alkanes of at least 4 members (excludes halogenated alkanes) is 1. The van der Waals surface area contributed by atoms with Crippen molar-refractivity contribution in [3.05, 3.63) is 0 Å². The maximum Gasteiger partial charge on any atom is 0.0610 e. The van der Waals surface area contributed by atoms with E-state index in [9.17, 15) is 5.11 Å². The summed E-state index contributed by atoms with van der Waals surface area (Å²) in [7, 11) is 0. The van der Waals surface area contributed by atoms with E-state index in [1.807, 2.05) is 0 Å². The van der Waals surface area contributed by atoms with Gasteiger partial charge in [-0.3, -0.25) is 0 Å². The first-order valence-corrected chi connectivity index (χ1v) is 7.99. The van der Waals surface area contributed by atoms with E-state index in [-0.39, 0.29) is 12.1 Å². The van der Waals surface area contributed by atoms with Crippen LogP contribution in [0.4, 0.5) is 0 Å². The zero-order valence-corrected chi connectivity index (χ0v) is 13.5. The van der Waals surface area contributed by atoms with Gasteiger partial charge in [0, 0.05) is 5.54 Å². The van der Waals surface area contributed by atoms with Crippen LogP contribution in [0.1, 0.15) is 59.8 Å². The van der Waals surface area contributed by atoms with Crippen molar-refractivity contribution >= 4 is 0 Å². The van der Waals surface area contributed by atoms with Crippen molar-refractivity contribution in [2.75, 3.05) is 32.8 Å². The molecule has 0 saturated carbocycles. The Balaban J connectivity index is 2.14. The van der Waals surface area contributed by atoms with Crippen molar-refractivity contribution in [3.8, 4) is 0 Å². The van der Waals surface area contributed by atoms with Crippen molar-refractivity contribution in [1.82, 2.24) is 10.2 Å². The van der Waals surface area contributed by atoms with Crippen molar-refractivity contribution in [2.45, 2.75) is 65.3 Å². The fourth-order valence-electron chi connectivity index (χ4n) is 2.88. The average molecular weight is 270 g/mol. The van der Waals surface area contributed by atoms with Crippen molar-refractivity contribution in [3.63, 3.8) is 0 Å². The molecule has 3 heteroatoms. The van der Waals surface area contributed by atoms with E-state index in [0.29, 0.717) is 5.41 Å². The Morgan fingerprint density at radius 2 is 1.84 bits per heavy atom. The first-order chi connectivity index (χ1) is 8.91. The summed E-state index contributed by atoms with van der Waals surface area (Å²) in [6.07, 6.45) is 6.18. The molecule has 19 heavy (non-hydrogen) atoms. The highest BCUT2D eigenvalue weighted by molar-refractivity contribution is 4.82. The van der Waals surface area contributed by atoms with Gasteiger partial charge in [-0.2, -0.15) is 0 Å². The molecular weight excluding hydrogens is 236 g/mol. The minimum Gasteiger partial charge on any atom is -0.394 e.